The van der Waals surface area contributed by atoms with Crippen LogP contribution in [0.3, 0.4) is 0 Å². The van der Waals surface area contributed by atoms with Crippen LogP contribution in [0.5, 0.6) is 0 Å². The number of non-ortho nitro benzene ring substituents is 1. The van der Waals surface area contributed by atoms with Crippen LogP contribution < -0.4 is 4.90 Å². The van der Waals surface area contributed by atoms with E-state index in [1.165, 1.54) is 0 Å². The van der Waals surface area contributed by atoms with E-state index >= 15 is 0 Å². The highest BCUT2D eigenvalue weighted by Gasteiger charge is 2.46. The number of rotatable bonds is 3. The van der Waals surface area contributed by atoms with Gasteiger partial charge in [0.1, 0.15) is 0 Å². The van der Waals surface area contributed by atoms with Crippen LogP contribution in [0.4, 0.5) is 17.1 Å². The summed E-state index contributed by atoms with van der Waals surface area (Å²) in [6, 6.07) is 34.0. The normalized spacial score (nSPS) is 14.0. The molecule has 1 aliphatic heterocycles. The van der Waals surface area contributed by atoms with Crippen molar-refractivity contribution >= 4 is 17.1 Å². The molecule has 4 nitrogen and oxygen atoms in total. The van der Waals surface area contributed by atoms with Crippen molar-refractivity contribution in [1.82, 2.24) is 0 Å². The van der Waals surface area contributed by atoms with E-state index in [0.717, 1.165) is 33.6 Å². The number of para-hydroxylation sites is 1. The molecule has 0 aromatic heterocycles. The molecule has 0 spiro atoms. The molecule has 4 heteroatoms. The summed E-state index contributed by atoms with van der Waals surface area (Å²) in [7, 11) is 2.02. The molecule has 0 atom stereocenters. The Hall–Kier alpha value is -3.92. The van der Waals surface area contributed by atoms with Crippen LogP contribution >= 0.6 is 0 Å². The van der Waals surface area contributed by atoms with Crippen molar-refractivity contribution in [3.8, 4) is 0 Å². The maximum atomic E-state index is 11.7. The number of fused-ring (bicyclic) bond motifs is 2. The lowest BCUT2D eigenvalue weighted by atomic mass is 9.62. The minimum absolute atomic E-state index is 0.0952. The van der Waals surface area contributed by atoms with Gasteiger partial charge in [0.25, 0.3) is 5.69 Å². The number of hydrogen-bond acceptors (Lipinski definition) is 3. The Morgan fingerprint density at radius 1 is 0.700 bits per heavy atom. The molecule has 4 aromatic rings. The van der Waals surface area contributed by atoms with Crippen molar-refractivity contribution in [3.63, 3.8) is 0 Å². The molecule has 0 bridgehead atoms. The lowest BCUT2D eigenvalue weighted by Gasteiger charge is -2.45. The molecule has 0 amide bonds. The van der Waals surface area contributed by atoms with Crippen LogP contribution in [0.1, 0.15) is 22.3 Å². The van der Waals surface area contributed by atoms with Gasteiger partial charge in [0.05, 0.1) is 10.3 Å². The Morgan fingerprint density at radius 2 is 1.23 bits per heavy atom. The second kappa shape index (κ2) is 6.85. The first kappa shape index (κ1) is 18.1. The Morgan fingerprint density at radius 3 is 1.83 bits per heavy atom. The molecule has 0 N–H and O–H groups in total. The maximum Gasteiger partial charge on any atom is 0.269 e. The van der Waals surface area contributed by atoms with E-state index in [-0.39, 0.29) is 10.6 Å². The molecule has 0 saturated heterocycles. The van der Waals surface area contributed by atoms with Crippen molar-refractivity contribution < 1.29 is 4.92 Å². The third-order valence-corrected chi connectivity index (χ3v) is 6.04. The summed E-state index contributed by atoms with van der Waals surface area (Å²) in [5, 5.41) is 11.7. The van der Waals surface area contributed by atoms with E-state index in [1.54, 1.807) is 12.1 Å². The predicted octanol–water partition coefficient (Wildman–Crippen LogP) is 6.06. The smallest absolute Gasteiger partial charge is 0.269 e. The van der Waals surface area contributed by atoms with E-state index in [9.17, 15) is 10.1 Å². The average molecular weight is 392 g/mol. The summed E-state index contributed by atoms with van der Waals surface area (Å²) in [5.74, 6) is 0. The highest BCUT2D eigenvalue weighted by atomic mass is 16.6. The minimum Gasteiger partial charge on any atom is -0.344 e. The van der Waals surface area contributed by atoms with Crippen LogP contribution in [-0.2, 0) is 5.41 Å². The zero-order valence-electron chi connectivity index (χ0n) is 16.5. The minimum atomic E-state index is -0.660. The summed E-state index contributed by atoms with van der Waals surface area (Å²) >= 11 is 0. The largest absolute Gasteiger partial charge is 0.344 e. The second-order valence-corrected chi connectivity index (χ2v) is 7.52. The van der Waals surface area contributed by atoms with Gasteiger partial charge in [0.2, 0.25) is 0 Å². The fraction of sp³-hybridized carbons (Fsp3) is 0.0769. The predicted molar refractivity (Wildman–Crippen MR) is 119 cm³/mol. The molecular weight excluding hydrogens is 372 g/mol. The number of nitro groups is 1. The van der Waals surface area contributed by atoms with Gasteiger partial charge >= 0.3 is 0 Å². The first-order valence-corrected chi connectivity index (χ1v) is 9.87. The molecule has 0 fully saturated rings. The van der Waals surface area contributed by atoms with Crippen LogP contribution in [0.15, 0.2) is 103 Å². The first-order valence-electron chi connectivity index (χ1n) is 9.87. The fourth-order valence-corrected chi connectivity index (χ4v) is 4.75. The van der Waals surface area contributed by atoms with Gasteiger partial charge in [-0.2, -0.15) is 0 Å². The van der Waals surface area contributed by atoms with Crippen molar-refractivity contribution in [2.75, 3.05) is 11.9 Å². The Bertz CT molecular complexity index is 1200. The lowest BCUT2D eigenvalue weighted by molar-refractivity contribution is -0.384. The highest BCUT2D eigenvalue weighted by molar-refractivity contribution is 5.83. The molecule has 1 heterocycles. The van der Waals surface area contributed by atoms with Gasteiger partial charge in [-0.25, -0.2) is 0 Å². The van der Waals surface area contributed by atoms with Crippen LogP contribution in [0, 0.1) is 10.1 Å². The fourth-order valence-electron chi connectivity index (χ4n) is 4.75. The van der Waals surface area contributed by atoms with Crippen molar-refractivity contribution in [2.24, 2.45) is 0 Å². The Labute approximate surface area is 175 Å². The van der Waals surface area contributed by atoms with Crippen molar-refractivity contribution in [1.29, 1.82) is 0 Å². The molecule has 0 radical (unpaired) electrons. The van der Waals surface area contributed by atoms with Gasteiger partial charge in [-0.3, -0.25) is 10.1 Å². The van der Waals surface area contributed by atoms with E-state index in [2.05, 4.69) is 41.3 Å². The van der Waals surface area contributed by atoms with E-state index in [4.69, 9.17) is 0 Å². The van der Waals surface area contributed by atoms with Gasteiger partial charge in [-0.1, -0.05) is 78.9 Å². The molecule has 5 rings (SSSR count). The summed E-state index contributed by atoms with van der Waals surface area (Å²) < 4.78 is 0. The molecular formula is C26H20N2O2. The van der Waals surface area contributed by atoms with Crippen LogP contribution in [-0.4, -0.2) is 12.0 Å². The molecule has 0 saturated carbocycles. The third-order valence-electron chi connectivity index (χ3n) is 6.04. The monoisotopic (exact) mass is 392 g/mol. The van der Waals surface area contributed by atoms with Gasteiger partial charge < -0.3 is 4.90 Å². The van der Waals surface area contributed by atoms with Crippen molar-refractivity contribution in [3.05, 3.63) is 135 Å². The standard InChI is InChI=1S/C26H20N2O2/c1-27-24-15-9-8-14-22(24)26(19-10-4-2-5-11-19,20-12-6-3-7-13-20)23-18-21(28(29)30)16-17-25(23)27/h2-18H,1H3. The Balaban J connectivity index is 1.99. The quantitative estimate of drug-likeness (QED) is 0.314. The molecule has 0 aliphatic carbocycles. The number of nitro benzene ring substituents is 1. The lowest BCUT2D eigenvalue weighted by Crippen LogP contribution is -2.37. The molecule has 0 unspecified atom stereocenters. The number of anilines is 2. The van der Waals surface area contributed by atoms with Crippen molar-refractivity contribution in [2.45, 2.75) is 5.41 Å². The maximum absolute atomic E-state index is 11.7. The number of hydrogen-bond donors (Lipinski definition) is 0. The first-order chi connectivity index (χ1) is 14.6. The summed E-state index contributed by atoms with van der Waals surface area (Å²) in [6.45, 7) is 0. The zero-order valence-corrected chi connectivity index (χ0v) is 16.5. The average Bonchev–Trinajstić information content (AvgIpc) is 2.80. The van der Waals surface area contributed by atoms with E-state index < -0.39 is 5.41 Å². The van der Waals surface area contributed by atoms with E-state index in [0.29, 0.717) is 0 Å². The highest BCUT2D eigenvalue weighted by Crippen LogP contribution is 2.55. The molecule has 146 valence electrons. The van der Waals surface area contributed by atoms with Gasteiger partial charge in [0, 0.05) is 36.1 Å². The van der Waals surface area contributed by atoms with E-state index in [1.807, 2.05) is 61.6 Å². The molecule has 1 aliphatic rings. The second-order valence-electron chi connectivity index (χ2n) is 7.52. The third kappa shape index (κ3) is 2.47. The van der Waals surface area contributed by atoms with Crippen LogP contribution in [0.25, 0.3) is 0 Å². The van der Waals surface area contributed by atoms with Gasteiger partial charge in [0.15, 0.2) is 0 Å². The number of benzene rings is 4. The zero-order chi connectivity index (χ0) is 20.7. The molecule has 30 heavy (non-hydrogen) atoms. The Kier molecular flexibility index (Phi) is 4.14. The summed E-state index contributed by atoms with van der Waals surface area (Å²) in [4.78, 5) is 13.5. The summed E-state index contributed by atoms with van der Waals surface area (Å²) in [5.41, 5.74) is 5.68. The summed E-state index contributed by atoms with van der Waals surface area (Å²) in [6.07, 6.45) is 0. The topological polar surface area (TPSA) is 46.4 Å². The van der Waals surface area contributed by atoms with Gasteiger partial charge in [-0.05, 0) is 28.8 Å². The van der Waals surface area contributed by atoms with Gasteiger partial charge in [-0.15, -0.1) is 0 Å². The SMILES string of the molecule is CN1c2ccccc2C(c2ccccc2)(c2ccccc2)c2cc([N+](=O)[O-])ccc21. The molecule has 4 aromatic carbocycles. The number of nitrogens with zero attached hydrogens (tertiary/aromatic N) is 2. The van der Waals surface area contributed by atoms with Crippen LogP contribution in [0.2, 0.25) is 0 Å².